The SMILES string of the molecule is CCCNC(C1CC(C)CC(C)C1)C(C)(CC)N(C)C. The Hall–Kier alpha value is -0.0800. The van der Waals surface area contributed by atoms with Gasteiger partial charge < -0.3 is 10.2 Å². The molecule has 0 aromatic rings. The Morgan fingerprint density at radius 1 is 1.10 bits per heavy atom. The van der Waals surface area contributed by atoms with Crippen molar-refractivity contribution in [1.29, 1.82) is 0 Å². The monoisotopic (exact) mass is 282 g/mol. The predicted octanol–water partition coefficient (Wildman–Crippen LogP) is 4.16. The van der Waals surface area contributed by atoms with Gasteiger partial charge in [0, 0.05) is 11.6 Å². The summed E-state index contributed by atoms with van der Waals surface area (Å²) < 4.78 is 0. The van der Waals surface area contributed by atoms with E-state index in [0.29, 0.717) is 6.04 Å². The van der Waals surface area contributed by atoms with Crippen molar-refractivity contribution < 1.29 is 0 Å². The molecule has 0 spiro atoms. The molecule has 0 aliphatic heterocycles. The molecule has 0 amide bonds. The second-order valence-electron chi connectivity index (χ2n) is 7.71. The zero-order valence-electron chi connectivity index (χ0n) is 15.0. The van der Waals surface area contributed by atoms with Crippen LogP contribution in [0.3, 0.4) is 0 Å². The van der Waals surface area contributed by atoms with Crippen LogP contribution in [0.1, 0.15) is 66.7 Å². The van der Waals surface area contributed by atoms with Crippen LogP contribution in [0.25, 0.3) is 0 Å². The van der Waals surface area contributed by atoms with Gasteiger partial charge in [0.1, 0.15) is 0 Å². The predicted molar refractivity (Wildman–Crippen MR) is 90.1 cm³/mol. The Bertz CT molecular complexity index is 267. The third-order valence-electron chi connectivity index (χ3n) is 5.71. The zero-order chi connectivity index (χ0) is 15.3. The van der Waals surface area contributed by atoms with E-state index in [1.54, 1.807) is 0 Å². The van der Waals surface area contributed by atoms with Crippen LogP contribution >= 0.6 is 0 Å². The highest BCUT2D eigenvalue weighted by Crippen LogP contribution is 2.39. The summed E-state index contributed by atoms with van der Waals surface area (Å²) in [4.78, 5) is 2.45. The molecule has 1 fully saturated rings. The van der Waals surface area contributed by atoms with E-state index in [4.69, 9.17) is 0 Å². The van der Waals surface area contributed by atoms with Crippen molar-refractivity contribution in [3.05, 3.63) is 0 Å². The van der Waals surface area contributed by atoms with Crippen LogP contribution in [0.5, 0.6) is 0 Å². The van der Waals surface area contributed by atoms with Crippen LogP contribution in [0.2, 0.25) is 0 Å². The molecule has 1 aliphatic rings. The van der Waals surface area contributed by atoms with Gasteiger partial charge in [0.05, 0.1) is 0 Å². The van der Waals surface area contributed by atoms with E-state index < -0.39 is 0 Å². The van der Waals surface area contributed by atoms with Crippen molar-refractivity contribution in [1.82, 2.24) is 10.2 Å². The lowest BCUT2D eigenvalue weighted by Crippen LogP contribution is -2.60. The van der Waals surface area contributed by atoms with Gasteiger partial charge in [-0.3, -0.25) is 0 Å². The third-order valence-corrected chi connectivity index (χ3v) is 5.71. The topological polar surface area (TPSA) is 15.3 Å². The summed E-state index contributed by atoms with van der Waals surface area (Å²) in [5.41, 5.74) is 0.261. The lowest BCUT2D eigenvalue weighted by Gasteiger charge is -2.49. The van der Waals surface area contributed by atoms with E-state index in [9.17, 15) is 0 Å². The largest absolute Gasteiger partial charge is 0.312 e. The molecule has 0 radical (unpaired) electrons. The Morgan fingerprint density at radius 3 is 2.05 bits per heavy atom. The molecule has 2 nitrogen and oxygen atoms in total. The molecular formula is C18H38N2. The minimum Gasteiger partial charge on any atom is -0.312 e. The molecule has 1 N–H and O–H groups in total. The second-order valence-corrected chi connectivity index (χ2v) is 7.71. The fourth-order valence-corrected chi connectivity index (χ4v) is 4.29. The Morgan fingerprint density at radius 2 is 1.65 bits per heavy atom. The first-order valence-electron chi connectivity index (χ1n) is 8.75. The molecule has 4 unspecified atom stereocenters. The molecule has 120 valence electrons. The van der Waals surface area contributed by atoms with Crippen molar-refractivity contribution >= 4 is 0 Å². The average molecular weight is 283 g/mol. The van der Waals surface area contributed by atoms with E-state index in [0.717, 1.165) is 24.3 Å². The molecular weight excluding hydrogens is 244 g/mol. The van der Waals surface area contributed by atoms with Gasteiger partial charge in [-0.15, -0.1) is 0 Å². The van der Waals surface area contributed by atoms with Gasteiger partial charge in [0.25, 0.3) is 0 Å². The van der Waals surface area contributed by atoms with Crippen LogP contribution in [-0.2, 0) is 0 Å². The van der Waals surface area contributed by atoms with E-state index in [2.05, 4.69) is 58.9 Å². The minimum atomic E-state index is 0.261. The number of nitrogens with one attached hydrogen (secondary N) is 1. The number of hydrogen-bond donors (Lipinski definition) is 1. The first kappa shape index (κ1) is 18.0. The first-order chi connectivity index (χ1) is 9.35. The number of nitrogens with zero attached hydrogens (tertiary/aromatic N) is 1. The standard InChI is InChI=1S/C18H38N2/c1-8-10-19-17(18(5,9-2)20(6)7)16-12-14(3)11-15(4)13-16/h14-17,19H,8-13H2,1-7H3. The van der Waals surface area contributed by atoms with Crippen molar-refractivity contribution in [2.45, 2.75) is 78.3 Å². The molecule has 0 aromatic heterocycles. The molecule has 20 heavy (non-hydrogen) atoms. The highest BCUT2D eigenvalue weighted by molar-refractivity contribution is 4.99. The number of rotatable bonds is 7. The van der Waals surface area contributed by atoms with Gasteiger partial charge in [0.2, 0.25) is 0 Å². The number of hydrogen-bond acceptors (Lipinski definition) is 2. The van der Waals surface area contributed by atoms with E-state index in [-0.39, 0.29) is 5.54 Å². The zero-order valence-corrected chi connectivity index (χ0v) is 15.0. The fourth-order valence-electron chi connectivity index (χ4n) is 4.29. The van der Waals surface area contributed by atoms with Crippen LogP contribution in [0.15, 0.2) is 0 Å². The molecule has 1 rings (SSSR count). The molecule has 0 bridgehead atoms. The summed E-state index contributed by atoms with van der Waals surface area (Å²) in [5, 5.41) is 3.91. The van der Waals surface area contributed by atoms with Crippen LogP contribution in [-0.4, -0.2) is 37.1 Å². The Balaban J connectivity index is 2.92. The summed E-state index contributed by atoms with van der Waals surface area (Å²) in [5.74, 6) is 2.60. The maximum atomic E-state index is 3.91. The Labute approximate surface area is 127 Å². The van der Waals surface area contributed by atoms with Crippen molar-refractivity contribution in [3.8, 4) is 0 Å². The van der Waals surface area contributed by atoms with Crippen molar-refractivity contribution in [2.75, 3.05) is 20.6 Å². The molecule has 2 heteroatoms. The molecule has 4 atom stereocenters. The maximum absolute atomic E-state index is 3.91. The van der Waals surface area contributed by atoms with Crippen LogP contribution in [0, 0.1) is 17.8 Å². The van der Waals surface area contributed by atoms with Crippen LogP contribution in [0.4, 0.5) is 0 Å². The van der Waals surface area contributed by atoms with E-state index >= 15 is 0 Å². The van der Waals surface area contributed by atoms with E-state index in [1.807, 2.05) is 0 Å². The smallest absolute Gasteiger partial charge is 0.0328 e. The molecule has 0 aromatic carbocycles. The average Bonchev–Trinajstić information content (AvgIpc) is 2.37. The maximum Gasteiger partial charge on any atom is 0.0328 e. The lowest BCUT2D eigenvalue weighted by atomic mass is 9.68. The first-order valence-corrected chi connectivity index (χ1v) is 8.75. The quantitative estimate of drug-likeness (QED) is 0.754. The number of likely N-dealkylation sites (N-methyl/N-ethyl adjacent to an activating group) is 1. The molecule has 1 aliphatic carbocycles. The summed E-state index contributed by atoms with van der Waals surface area (Å²) in [6.07, 6.45) is 6.65. The minimum absolute atomic E-state index is 0.261. The van der Waals surface area contributed by atoms with Gasteiger partial charge in [0.15, 0.2) is 0 Å². The fraction of sp³-hybridized carbons (Fsp3) is 1.00. The van der Waals surface area contributed by atoms with Gasteiger partial charge in [-0.25, -0.2) is 0 Å². The van der Waals surface area contributed by atoms with Gasteiger partial charge >= 0.3 is 0 Å². The van der Waals surface area contributed by atoms with Gasteiger partial charge in [-0.1, -0.05) is 27.7 Å². The van der Waals surface area contributed by atoms with Crippen molar-refractivity contribution in [2.24, 2.45) is 17.8 Å². The van der Waals surface area contributed by atoms with Crippen LogP contribution < -0.4 is 5.32 Å². The Kier molecular flexibility index (Phi) is 7.00. The highest BCUT2D eigenvalue weighted by atomic mass is 15.2. The normalized spacial score (nSPS) is 32.1. The molecule has 1 saturated carbocycles. The summed E-state index contributed by atoms with van der Waals surface area (Å²) >= 11 is 0. The second kappa shape index (κ2) is 7.79. The van der Waals surface area contributed by atoms with Crippen molar-refractivity contribution in [3.63, 3.8) is 0 Å². The molecule has 0 saturated heterocycles. The van der Waals surface area contributed by atoms with E-state index in [1.165, 1.54) is 32.1 Å². The third kappa shape index (κ3) is 4.21. The lowest BCUT2D eigenvalue weighted by molar-refractivity contribution is 0.0503. The van der Waals surface area contributed by atoms with Gasteiger partial charge in [-0.2, -0.15) is 0 Å². The summed E-state index contributed by atoms with van der Waals surface area (Å²) in [6, 6.07) is 0.618. The highest BCUT2D eigenvalue weighted by Gasteiger charge is 2.41. The summed E-state index contributed by atoms with van der Waals surface area (Å²) in [6.45, 7) is 13.1. The molecule has 0 heterocycles. The van der Waals surface area contributed by atoms with Gasteiger partial charge in [-0.05, 0) is 77.4 Å². The summed E-state index contributed by atoms with van der Waals surface area (Å²) in [7, 11) is 4.50.